The van der Waals surface area contributed by atoms with Crippen molar-refractivity contribution in [2.75, 3.05) is 13.1 Å². The summed E-state index contributed by atoms with van der Waals surface area (Å²) < 4.78 is 1.95. The fourth-order valence-corrected chi connectivity index (χ4v) is 3.66. The van der Waals surface area contributed by atoms with Gasteiger partial charge in [-0.25, -0.2) is 0 Å². The van der Waals surface area contributed by atoms with E-state index in [2.05, 4.69) is 29.2 Å². The van der Waals surface area contributed by atoms with Gasteiger partial charge in [0.2, 0.25) is 0 Å². The van der Waals surface area contributed by atoms with Gasteiger partial charge in [0.15, 0.2) is 0 Å². The lowest BCUT2D eigenvalue weighted by molar-refractivity contribution is 0.0350. The topological polar surface area (TPSA) is 33.1 Å². The predicted octanol–water partition coefficient (Wildman–Crippen LogP) is 2.73. The van der Waals surface area contributed by atoms with Gasteiger partial charge in [-0.3, -0.25) is 9.58 Å². The Bertz CT molecular complexity index is 523. The molecule has 4 nitrogen and oxygen atoms in total. The van der Waals surface area contributed by atoms with Crippen LogP contribution in [0, 0.1) is 12.8 Å². The molecular weight excluding hydrogens is 284 g/mol. The molecule has 2 atom stereocenters. The van der Waals surface area contributed by atoms with Crippen molar-refractivity contribution in [3.8, 4) is 0 Å². The van der Waals surface area contributed by atoms with Crippen molar-refractivity contribution in [3.63, 3.8) is 0 Å². The van der Waals surface area contributed by atoms with E-state index in [0.29, 0.717) is 6.04 Å². The third kappa shape index (κ3) is 2.86. The summed E-state index contributed by atoms with van der Waals surface area (Å²) in [5, 5.41) is 9.07. The first-order valence-electron chi connectivity index (χ1n) is 8.11. The SMILES string of the molecule is CCC1(C)CNC(C2CC2)CN1Cc1c(Cl)c(C)nn1C. The zero-order valence-electron chi connectivity index (χ0n) is 13.6. The molecular formula is C16H27ClN4. The summed E-state index contributed by atoms with van der Waals surface area (Å²) in [7, 11) is 2.00. The van der Waals surface area contributed by atoms with E-state index < -0.39 is 0 Å². The molecule has 1 aromatic rings. The lowest BCUT2D eigenvalue weighted by Crippen LogP contribution is -2.63. The quantitative estimate of drug-likeness (QED) is 0.928. The highest BCUT2D eigenvalue weighted by molar-refractivity contribution is 6.31. The van der Waals surface area contributed by atoms with E-state index in [4.69, 9.17) is 11.6 Å². The van der Waals surface area contributed by atoms with E-state index in [0.717, 1.165) is 48.4 Å². The molecule has 1 aliphatic carbocycles. The van der Waals surface area contributed by atoms with Gasteiger partial charge in [0.05, 0.1) is 16.4 Å². The fourth-order valence-electron chi connectivity index (χ4n) is 3.44. The van der Waals surface area contributed by atoms with E-state index in [9.17, 15) is 0 Å². The van der Waals surface area contributed by atoms with Crippen LogP contribution in [0.15, 0.2) is 0 Å². The molecule has 3 rings (SSSR count). The monoisotopic (exact) mass is 310 g/mol. The van der Waals surface area contributed by atoms with Gasteiger partial charge in [0, 0.05) is 38.3 Å². The van der Waals surface area contributed by atoms with Crippen molar-refractivity contribution in [2.45, 2.75) is 58.2 Å². The molecule has 1 saturated carbocycles. The first kappa shape index (κ1) is 15.3. The maximum absolute atomic E-state index is 6.46. The van der Waals surface area contributed by atoms with Gasteiger partial charge in [-0.05, 0) is 39.0 Å². The highest BCUT2D eigenvalue weighted by Gasteiger charge is 2.42. The molecule has 21 heavy (non-hydrogen) atoms. The molecule has 0 amide bonds. The summed E-state index contributed by atoms with van der Waals surface area (Å²) >= 11 is 6.46. The van der Waals surface area contributed by atoms with Gasteiger partial charge in [-0.1, -0.05) is 18.5 Å². The van der Waals surface area contributed by atoms with Gasteiger partial charge >= 0.3 is 0 Å². The second kappa shape index (κ2) is 5.56. The van der Waals surface area contributed by atoms with Crippen LogP contribution in [0.1, 0.15) is 44.5 Å². The molecule has 1 saturated heterocycles. The molecule has 2 aliphatic rings. The second-order valence-electron chi connectivity index (χ2n) is 7.03. The van der Waals surface area contributed by atoms with Crippen LogP contribution in [0.2, 0.25) is 5.02 Å². The smallest absolute Gasteiger partial charge is 0.0860 e. The molecule has 0 spiro atoms. The zero-order chi connectivity index (χ0) is 15.2. The van der Waals surface area contributed by atoms with E-state index in [1.54, 1.807) is 0 Å². The lowest BCUT2D eigenvalue weighted by Gasteiger charge is -2.48. The third-order valence-corrected chi connectivity index (χ3v) is 5.97. The second-order valence-corrected chi connectivity index (χ2v) is 7.40. The summed E-state index contributed by atoms with van der Waals surface area (Å²) in [4.78, 5) is 2.62. The van der Waals surface area contributed by atoms with Crippen molar-refractivity contribution in [2.24, 2.45) is 13.0 Å². The Morgan fingerprint density at radius 1 is 1.43 bits per heavy atom. The van der Waals surface area contributed by atoms with Crippen molar-refractivity contribution in [3.05, 3.63) is 16.4 Å². The van der Waals surface area contributed by atoms with E-state index >= 15 is 0 Å². The van der Waals surface area contributed by atoms with Crippen molar-refractivity contribution >= 4 is 11.6 Å². The van der Waals surface area contributed by atoms with Crippen LogP contribution in [-0.4, -0.2) is 39.4 Å². The molecule has 5 heteroatoms. The highest BCUT2D eigenvalue weighted by Crippen LogP contribution is 2.37. The molecule has 1 aliphatic heterocycles. The van der Waals surface area contributed by atoms with Crippen LogP contribution in [0.3, 0.4) is 0 Å². The number of rotatable bonds is 4. The Kier molecular flexibility index (Phi) is 4.06. The zero-order valence-corrected chi connectivity index (χ0v) is 14.4. The summed E-state index contributed by atoms with van der Waals surface area (Å²) in [6.45, 7) is 9.71. The Hall–Kier alpha value is -0.580. The Labute approximate surface area is 132 Å². The molecule has 2 unspecified atom stereocenters. The number of nitrogens with one attached hydrogen (secondary N) is 1. The largest absolute Gasteiger partial charge is 0.311 e. The minimum absolute atomic E-state index is 0.201. The summed E-state index contributed by atoms with van der Waals surface area (Å²) in [6.07, 6.45) is 3.92. The Morgan fingerprint density at radius 3 is 2.67 bits per heavy atom. The van der Waals surface area contributed by atoms with E-state index in [-0.39, 0.29) is 5.54 Å². The number of aromatic nitrogens is 2. The van der Waals surface area contributed by atoms with Gasteiger partial charge in [-0.2, -0.15) is 5.10 Å². The Balaban J connectivity index is 1.81. The number of piperazine rings is 1. The van der Waals surface area contributed by atoms with Crippen molar-refractivity contribution in [1.29, 1.82) is 0 Å². The van der Waals surface area contributed by atoms with Crippen molar-refractivity contribution < 1.29 is 0 Å². The van der Waals surface area contributed by atoms with Gasteiger partial charge in [0.25, 0.3) is 0 Å². The first-order chi connectivity index (χ1) is 9.94. The summed E-state index contributed by atoms with van der Waals surface area (Å²) in [6, 6.07) is 0.651. The van der Waals surface area contributed by atoms with Crippen LogP contribution in [0.25, 0.3) is 0 Å². The predicted molar refractivity (Wildman–Crippen MR) is 86.6 cm³/mol. The van der Waals surface area contributed by atoms with Crippen LogP contribution in [-0.2, 0) is 13.6 Å². The molecule has 2 heterocycles. The molecule has 0 bridgehead atoms. The minimum Gasteiger partial charge on any atom is -0.311 e. The van der Waals surface area contributed by atoms with Crippen LogP contribution in [0.5, 0.6) is 0 Å². The lowest BCUT2D eigenvalue weighted by atomic mass is 9.91. The number of aryl methyl sites for hydroxylation is 2. The fraction of sp³-hybridized carbons (Fsp3) is 0.812. The minimum atomic E-state index is 0.201. The van der Waals surface area contributed by atoms with E-state index in [1.165, 1.54) is 12.8 Å². The van der Waals surface area contributed by atoms with E-state index in [1.807, 2.05) is 18.7 Å². The average Bonchev–Trinajstić information content (AvgIpc) is 3.26. The maximum atomic E-state index is 6.46. The molecule has 1 aromatic heterocycles. The number of halogens is 1. The van der Waals surface area contributed by atoms with Crippen LogP contribution >= 0.6 is 11.6 Å². The molecule has 0 aromatic carbocycles. The average molecular weight is 311 g/mol. The van der Waals surface area contributed by atoms with Crippen LogP contribution < -0.4 is 5.32 Å². The summed E-state index contributed by atoms with van der Waals surface area (Å²) in [5.41, 5.74) is 2.28. The van der Waals surface area contributed by atoms with Gasteiger partial charge in [-0.15, -0.1) is 0 Å². The number of nitrogens with zero attached hydrogens (tertiary/aromatic N) is 3. The maximum Gasteiger partial charge on any atom is 0.0860 e. The standard InChI is InChI=1S/C16H27ClN4/c1-5-16(3)10-18-13(12-6-7-12)8-21(16)9-14-15(17)11(2)19-20(14)4/h12-13,18H,5-10H2,1-4H3. The number of hydrogen-bond acceptors (Lipinski definition) is 3. The normalized spacial score (nSPS) is 30.8. The molecule has 118 valence electrons. The molecule has 0 radical (unpaired) electrons. The number of hydrogen-bond donors (Lipinski definition) is 1. The molecule has 2 fully saturated rings. The highest BCUT2D eigenvalue weighted by atomic mass is 35.5. The van der Waals surface area contributed by atoms with Gasteiger partial charge in [0.1, 0.15) is 0 Å². The van der Waals surface area contributed by atoms with Crippen molar-refractivity contribution in [1.82, 2.24) is 20.0 Å². The first-order valence-corrected chi connectivity index (χ1v) is 8.49. The summed E-state index contributed by atoms with van der Waals surface area (Å²) in [5.74, 6) is 0.887. The third-order valence-electron chi connectivity index (χ3n) is 5.48. The van der Waals surface area contributed by atoms with Crippen LogP contribution in [0.4, 0.5) is 0 Å². The molecule has 1 N–H and O–H groups in total. The van der Waals surface area contributed by atoms with Gasteiger partial charge < -0.3 is 5.32 Å². The Morgan fingerprint density at radius 2 is 2.14 bits per heavy atom.